The summed E-state index contributed by atoms with van der Waals surface area (Å²) in [4.78, 5) is 10.8. The Morgan fingerprint density at radius 1 is 1.09 bits per heavy atom. The number of nitrogens with zero attached hydrogens (tertiary/aromatic N) is 2. The topological polar surface area (TPSA) is 44.2 Å². The first-order valence-corrected chi connectivity index (χ1v) is 7.97. The highest BCUT2D eigenvalue weighted by atomic mass is 32.1. The Bertz CT molecular complexity index is 781. The van der Waals surface area contributed by atoms with E-state index in [1.165, 1.54) is 16.0 Å². The second-order valence-corrected chi connectivity index (χ2v) is 6.33. The third-order valence-electron chi connectivity index (χ3n) is 3.66. The fourth-order valence-corrected chi connectivity index (χ4v) is 3.27. The van der Waals surface area contributed by atoms with Crippen molar-refractivity contribution in [2.75, 3.05) is 13.7 Å². The van der Waals surface area contributed by atoms with Crippen molar-refractivity contribution < 1.29 is 9.47 Å². The van der Waals surface area contributed by atoms with E-state index in [1.54, 1.807) is 24.8 Å². The number of aryl methyl sites for hydroxylation is 2. The molecule has 0 unspecified atom stereocenters. The Morgan fingerprint density at radius 3 is 2.59 bits per heavy atom. The molecule has 0 saturated carbocycles. The van der Waals surface area contributed by atoms with Crippen molar-refractivity contribution in [1.82, 2.24) is 9.97 Å². The van der Waals surface area contributed by atoms with Gasteiger partial charge in [-0.1, -0.05) is 12.1 Å². The molecule has 4 nitrogen and oxygen atoms in total. The van der Waals surface area contributed by atoms with Crippen LogP contribution in [0.2, 0.25) is 0 Å². The Hall–Kier alpha value is -1.98. The van der Waals surface area contributed by atoms with E-state index < -0.39 is 0 Å². The van der Waals surface area contributed by atoms with Crippen LogP contribution in [0, 0.1) is 13.8 Å². The van der Waals surface area contributed by atoms with Gasteiger partial charge in [0.2, 0.25) is 5.88 Å². The maximum Gasteiger partial charge on any atom is 0.231 e. The number of fused-ring (bicyclic) bond motifs is 1. The van der Waals surface area contributed by atoms with Gasteiger partial charge in [-0.3, -0.25) is 0 Å². The summed E-state index contributed by atoms with van der Waals surface area (Å²) < 4.78 is 11.1. The molecule has 0 spiro atoms. The molecule has 0 aliphatic heterocycles. The zero-order valence-electron chi connectivity index (χ0n) is 12.9. The Balaban J connectivity index is 1.87. The highest BCUT2D eigenvalue weighted by Crippen LogP contribution is 2.35. The molecule has 0 amide bonds. The summed E-state index contributed by atoms with van der Waals surface area (Å²) in [5.41, 5.74) is 2.41. The second-order valence-electron chi connectivity index (χ2n) is 5.13. The smallest absolute Gasteiger partial charge is 0.231 e. The SMILES string of the molecule is COCCc1ccc(Oc2ncnc3sc(C)c(C)c23)cc1. The first-order chi connectivity index (χ1) is 10.7. The zero-order chi connectivity index (χ0) is 15.5. The van der Waals surface area contributed by atoms with Crippen molar-refractivity contribution in [2.24, 2.45) is 0 Å². The molecule has 0 bridgehead atoms. The third-order valence-corrected chi connectivity index (χ3v) is 4.78. The molecule has 0 saturated heterocycles. The molecule has 0 aliphatic rings. The molecule has 3 rings (SSSR count). The van der Waals surface area contributed by atoms with E-state index in [2.05, 4.69) is 35.9 Å². The van der Waals surface area contributed by atoms with Crippen LogP contribution < -0.4 is 4.74 Å². The fourth-order valence-electron chi connectivity index (χ4n) is 2.28. The van der Waals surface area contributed by atoms with Gasteiger partial charge in [0.05, 0.1) is 12.0 Å². The molecule has 22 heavy (non-hydrogen) atoms. The van der Waals surface area contributed by atoms with E-state index in [4.69, 9.17) is 9.47 Å². The molecular weight excluding hydrogens is 296 g/mol. The van der Waals surface area contributed by atoms with Crippen molar-refractivity contribution in [3.8, 4) is 11.6 Å². The van der Waals surface area contributed by atoms with Crippen LogP contribution in [0.5, 0.6) is 11.6 Å². The van der Waals surface area contributed by atoms with Gasteiger partial charge in [-0.25, -0.2) is 9.97 Å². The van der Waals surface area contributed by atoms with Crippen LogP contribution >= 0.6 is 11.3 Å². The Labute approximate surface area is 133 Å². The second kappa shape index (κ2) is 6.42. The molecule has 5 heteroatoms. The molecule has 0 fully saturated rings. The lowest BCUT2D eigenvalue weighted by molar-refractivity contribution is 0.202. The van der Waals surface area contributed by atoms with Gasteiger partial charge >= 0.3 is 0 Å². The van der Waals surface area contributed by atoms with E-state index in [9.17, 15) is 0 Å². The van der Waals surface area contributed by atoms with Gasteiger partial charge in [-0.15, -0.1) is 11.3 Å². The van der Waals surface area contributed by atoms with Crippen molar-refractivity contribution >= 4 is 21.6 Å². The summed E-state index contributed by atoms with van der Waals surface area (Å²) in [6, 6.07) is 8.04. The number of benzene rings is 1. The van der Waals surface area contributed by atoms with Gasteiger partial charge in [0.15, 0.2) is 0 Å². The van der Waals surface area contributed by atoms with Crippen molar-refractivity contribution in [2.45, 2.75) is 20.3 Å². The summed E-state index contributed by atoms with van der Waals surface area (Å²) >= 11 is 1.67. The first-order valence-electron chi connectivity index (χ1n) is 7.15. The maximum absolute atomic E-state index is 5.97. The Morgan fingerprint density at radius 2 is 1.86 bits per heavy atom. The molecule has 114 valence electrons. The fraction of sp³-hybridized carbons (Fsp3) is 0.294. The Kier molecular flexibility index (Phi) is 4.36. The summed E-state index contributed by atoms with van der Waals surface area (Å²) in [6.45, 7) is 4.90. The minimum absolute atomic E-state index is 0.622. The number of thiophene rings is 1. The number of methoxy groups -OCH3 is 1. The summed E-state index contributed by atoms with van der Waals surface area (Å²) in [7, 11) is 1.71. The number of ether oxygens (including phenoxy) is 2. The average molecular weight is 314 g/mol. The normalized spacial score (nSPS) is 11.0. The van der Waals surface area contributed by atoms with Crippen LogP contribution in [-0.4, -0.2) is 23.7 Å². The van der Waals surface area contributed by atoms with Gasteiger partial charge in [0.25, 0.3) is 0 Å². The molecule has 2 heterocycles. The van der Waals surface area contributed by atoms with Crippen LogP contribution in [0.3, 0.4) is 0 Å². The van der Waals surface area contributed by atoms with Gasteiger partial charge in [0.1, 0.15) is 16.9 Å². The number of hydrogen-bond acceptors (Lipinski definition) is 5. The van der Waals surface area contributed by atoms with Gasteiger partial charge in [0, 0.05) is 12.0 Å². The van der Waals surface area contributed by atoms with Crippen molar-refractivity contribution in [1.29, 1.82) is 0 Å². The molecule has 0 atom stereocenters. The largest absolute Gasteiger partial charge is 0.438 e. The van der Waals surface area contributed by atoms with E-state index >= 15 is 0 Å². The van der Waals surface area contributed by atoms with Crippen molar-refractivity contribution in [3.05, 3.63) is 46.6 Å². The number of hydrogen-bond donors (Lipinski definition) is 0. The number of rotatable bonds is 5. The van der Waals surface area contributed by atoms with Crippen LogP contribution in [0.25, 0.3) is 10.2 Å². The van der Waals surface area contributed by atoms with E-state index in [-0.39, 0.29) is 0 Å². The standard InChI is InChI=1S/C17H18N2O2S/c1-11-12(2)22-17-15(11)16(18-10-19-17)21-14-6-4-13(5-7-14)8-9-20-3/h4-7,10H,8-9H2,1-3H3. The minimum Gasteiger partial charge on any atom is -0.438 e. The third kappa shape index (κ3) is 2.96. The van der Waals surface area contributed by atoms with Gasteiger partial charge < -0.3 is 9.47 Å². The minimum atomic E-state index is 0.622. The summed E-state index contributed by atoms with van der Waals surface area (Å²) in [5.74, 6) is 1.40. The molecule has 3 aromatic rings. The maximum atomic E-state index is 5.97. The highest BCUT2D eigenvalue weighted by molar-refractivity contribution is 7.18. The van der Waals surface area contributed by atoms with Gasteiger partial charge in [-0.05, 0) is 43.5 Å². The lowest BCUT2D eigenvalue weighted by Crippen LogP contribution is -1.95. The zero-order valence-corrected chi connectivity index (χ0v) is 13.7. The number of aromatic nitrogens is 2. The van der Waals surface area contributed by atoms with E-state index in [0.29, 0.717) is 5.88 Å². The molecule has 2 aromatic heterocycles. The molecule has 0 aliphatic carbocycles. The summed E-state index contributed by atoms with van der Waals surface area (Å²) in [6.07, 6.45) is 2.46. The average Bonchev–Trinajstić information content (AvgIpc) is 2.82. The molecule has 1 aromatic carbocycles. The van der Waals surface area contributed by atoms with E-state index in [1.807, 2.05) is 12.1 Å². The van der Waals surface area contributed by atoms with Crippen LogP contribution in [0.15, 0.2) is 30.6 Å². The predicted octanol–water partition coefficient (Wildman–Crippen LogP) is 4.29. The monoisotopic (exact) mass is 314 g/mol. The van der Waals surface area contributed by atoms with Crippen LogP contribution in [0.1, 0.15) is 16.0 Å². The lowest BCUT2D eigenvalue weighted by Gasteiger charge is -2.07. The van der Waals surface area contributed by atoms with Crippen LogP contribution in [0.4, 0.5) is 0 Å². The lowest BCUT2D eigenvalue weighted by atomic mass is 10.1. The first kappa shape index (κ1) is 14.9. The summed E-state index contributed by atoms with van der Waals surface area (Å²) in [5, 5.41) is 1.01. The van der Waals surface area contributed by atoms with Gasteiger partial charge in [-0.2, -0.15) is 0 Å². The van der Waals surface area contributed by atoms with Crippen LogP contribution in [-0.2, 0) is 11.2 Å². The molecule has 0 N–H and O–H groups in total. The predicted molar refractivity (Wildman–Crippen MR) is 89.0 cm³/mol. The molecule has 0 radical (unpaired) electrons. The quantitative estimate of drug-likeness (QED) is 0.704. The van der Waals surface area contributed by atoms with Crippen molar-refractivity contribution in [3.63, 3.8) is 0 Å². The highest BCUT2D eigenvalue weighted by Gasteiger charge is 2.13. The van der Waals surface area contributed by atoms with E-state index in [0.717, 1.165) is 29.0 Å². The molecular formula is C17H18N2O2S.